The number of rotatable bonds is 5. The number of piperazine rings is 1. The third-order valence-corrected chi connectivity index (χ3v) is 5.73. The lowest BCUT2D eigenvalue weighted by Gasteiger charge is -2.34. The molecule has 0 radical (unpaired) electrons. The Bertz CT molecular complexity index is 939. The van der Waals surface area contributed by atoms with Gasteiger partial charge in [0, 0.05) is 60.3 Å². The average molecular weight is 448 g/mol. The molecular weight excluding hydrogens is 425 g/mol. The molecule has 0 saturated carbocycles. The first-order chi connectivity index (χ1) is 14.3. The summed E-state index contributed by atoms with van der Waals surface area (Å²) in [5.41, 5.74) is 2.12. The second-order valence-corrected chi connectivity index (χ2v) is 8.04. The Morgan fingerprint density at radius 2 is 1.53 bits per heavy atom. The second-order valence-electron chi connectivity index (χ2n) is 7.19. The minimum Gasteiger partial charge on any atom is -0.339 e. The quantitative estimate of drug-likeness (QED) is 0.678. The summed E-state index contributed by atoms with van der Waals surface area (Å²) in [5, 5.41) is 3.99. The van der Waals surface area contributed by atoms with Gasteiger partial charge in [-0.3, -0.25) is 9.59 Å². The fourth-order valence-electron chi connectivity index (χ4n) is 3.19. The summed E-state index contributed by atoms with van der Waals surface area (Å²) < 4.78 is 0. The topological polar surface area (TPSA) is 69.7 Å². The Labute approximate surface area is 185 Å². The zero-order valence-corrected chi connectivity index (χ0v) is 18.2. The smallest absolute Gasteiger partial charge is 0.321 e. The van der Waals surface area contributed by atoms with Gasteiger partial charge in [-0.05, 0) is 48.9 Å². The van der Waals surface area contributed by atoms with E-state index >= 15 is 0 Å². The molecule has 0 aromatic heterocycles. The van der Waals surface area contributed by atoms with Crippen molar-refractivity contribution in [3.63, 3.8) is 0 Å². The van der Waals surface area contributed by atoms with Gasteiger partial charge in [-0.25, -0.2) is 4.79 Å². The number of Topliss-reactive ketones (excluding diaryl/α,β-unsaturated/α-hetero) is 1. The highest BCUT2D eigenvalue weighted by atomic mass is 35.5. The molecule has 1 heterocycles. The first-order valence-electron chi connectivity index (χ1n) is 9.72. The second kappa shape index (κ2) is 9.96. The molecule has 8 heteroatoms. The molecule has 3 amide bonds. The molecule has 2 aromatic carbocycles. The molecule has 0 spiro atoms. The number of amides is 3. The molecule has 0 bridgehead atoms. The molecule has 2 aromatic rings. The fraction of sp³-hybridized carbons (Fsp3) is 0.318. The van der Waals surface area contributed by atoms with Gasteiger partial charge in [-0.15, -0.1) is 0 Å². The molecular formula is C22H23Cl2N3O3. The van der Waals surface area contributed by atoms with Crippen LogP contribution in [0.15, 0.2) is 42.5 Å². The summed E-state index contributed by atoms with van der Waals surface area (Å²) in [7, 11) is 0. The van der Waals surface area contributed by atoms with Crippen molar-refractivity contribution in [1.29, 1.82) is 0 Å². The van der Waals surface area contributed by atoms with E-state index < -0.39 is 0 Å². The van der Waals surface area contributed by atoms with E-state index in [9.17, 15) is 14.4 Å². The van der Waals surface area contributed by atoms with Crippen LogP contribution in [0.3, 0.4) is 0 Å². The molecule has 1 aliphatic heterocycles. The monoisotopic (exact) mass is 447 g/mol. The van der Waals surface area contributed by atoms with Crippen LogP contribution in [-0.4, -0.2) is 53.7 Å². The van der Waals surface area contributed by atoms with Crippen LogP contribution in [-0.2, 0) is 4.79 Å². The van der Waals surface area contributed by atoms with Gasteiger partial charge < -0.3 is 15.1 Å². The van der Waals surface area contributed by atoms with Crippen molar-refractivity contribution < 1.29 is 14.4 Å². The third-order valence-electron chi connectivity index (χ3n) is 5.07. The van der Waals surface area contributed by atoms with Gasteiger partial charge in [0.2, 0.25) is 5.91 Å². The molecule has 3 rings (SSSR count). The summed E-state index contributed by atoms with van der Waals surface area (Å²) in [6.45, 7) is 3.64. The maximum Gasteiger partial charge on any atom is 0.321 e. The number of hydrogen-bond donors (Lipinski definition) is 1. The number of ketones is 1. The predicted octanol–water partition coefficient (Wildman–Crippen LogP) is 4.64. The average Bonchev–Trinajstić information content (AvgIpc) is 2.75. The van der Waals surface area contributed by atoms with Gasteiger partial charge in [0.1, 0.15) is 0 Å². The molecule has 1 fully saturated rings. The summed E-state index contributed by atoms with van der Waals surface area (Å²) >= 11 is 11.9. The molecule has 1 N–H and O–H groups in total. The molecule has 30 heavy (non-hydrogen) atoms. The van der Waals surface area contributed by atoms with Crippen molar-refractivity contribution in [3.05, 3.63) is 63.6 Å². The number of hydrogen-bond acceptors (Lipinski definition) is 3. The van der Waals surface area contributed by atoms with E-state index in [1.54, 1.807) is 46.2 Å². The maximum absolute atomic E-state index is 12.5. The lowest BCUT2D eigenvalue weighted by Crippen LogP contribution is -2.51. The molecule has 0 aliphatic carbocycles. The first-order valence-corrected chi connectivity index (χ1v) is 10.5. The number of aryl methyl sites for hydroxylation is 1. The summed E-state index contributed by atoms with van der Waals surface area (Å²) in [6, 6.07) is 11.8. The number of benzene rings is 2. The van der Waals surface area contributed by atoms with Crippen LogP contribution in [0.1, 0.15) is 28.8 Å². The van der Waals surface area contributed by atoms with Crippen molar-refractivity contribution in [2.24, 2.45) is 0 Å². The van der Waals surface area contributed by atoms with Crippen molar-refractivity contribution in [3.8, 4) is 0 Å². The van der Waals surface area contributed by atoms with Crippen molar-refractivity contribution in [1.82, 2.24) is 9.80 Å². The zero-order valence-electron chi connectivity index (χ0n) is 16.7. The minimum atomic E-state index is -0.222. The first kappa shape index (κ1) is 22.1. The number of urea groups is 1. The predicted molar refractivity (Wildman–Crippen MR) is 118 cm³/mol. The Hall–Kier alpha value is -2.57. The number of anilines is 1. The highest BCUT2D eigenvalue weighted by Gasteiger charge is 2.24. The normalized spacial score (nSPS) is 13.8. The van der Waals surface area contributed by atoms with Gasteiger partial charge >= 0.3 is 6.03 Å². The molecule has 0 unspecified atom stereocenters. The van der Waals surface area contributed by atoms with Crippen LogP contribution >= 0.6 is 23.2 Å². The van der Waals surface area contributed by atoms with Crippen molar-refractivity contribution in [2.75, 3.05) is 31.5 Å². The van der Waals surface area contributed by atoms with E-state index in [-0.39, 0.29) is 30.6 Å². The van der Waals surface area contributed by atoms with Crippen LogP contribution in [0.2, 0.25) is 10.0 Å². The third kappa shape index (κ3) is 5.74. The Balaban J connectivity index is 1.44. The van der Waals surface area contributed by atoms with E-state index in [1.807, 2.05) is 13.0 Å². The number of nitrogens with zero attached hydrogens (tertiary/aromatic N) is 2. The molecule has 0 atom stereocenters. The van der Waals surface area contributed by atoms with E-state index in [0.717, 1.165) is 5.56 Å². The molecule has 6 nitrogen and oxygen atoms in total. The Morgan fingerprint density at radius 3 is 2.17 bits per heavy atom. The largest absolute Gasteiger partial charge is 0.339 e. The standard InChI is InChI=1S/C22H23Cl2N3O3/c1-15-2-7-18(14-19(15)24)25-22(30)27-12-10-26(11-13-27)21(29)9-8-20(28)16-3-5-17(23)6-4-16/h2-7,14H,8-13H2,1H3,(H,25,30). The van der Waals surface area contributed by atoms with Crippen LogP contribution in [0, 0.1) is 6.92 Å². The number of carbonyl (C=O) groups excluding carboxylic acids is 3. The summed E-state index contributed by atoms with van der Waals surface area (Å²) in [6.07, 6.45) is 0.296. The lowest BCUT2D eigenvalue weighted by atomic mass is 10.1. The molecule has 158 valence electrons. The van der Waals surface area contributed by atoms with Crippen LogP contribution < -0.4 is 5.32 Å². The van der Waals surface area contributed by atoms with Gasteiger partial charge in [0.25, 0.3) is 0 Å². The van der Waals surface area contributed by atoms with Crippen molar-refractivity contribution >= 4 is 46.6 Å². The highest BCUT2D eigenvalue weighted by molar-refractivity contribution is 6.31. The maximum atomic E-state index is 12.5. The molecule has 1 saturated heterocycles. The van der Waals surface area contributed by atoms with Crippen LogP contribution in [0.25, 0.3) is 0 Å². The van der Waals surface area contributed by atoms with E-state index in [4.69, 9.17) is 23.2 Å². The highest BCUT2D eigenvalue weighted by Crippen LogP contribution is 2.20. The van der Waals surface area contributed by atoms with Crippen LogP contribution in [0.5, 0.6) is 0 Å². The number of nitrogens with one attached hydrogen (secondary N) is 1. The Kier molecular flexibility index (Phi) is 7.34. The van der Waals surface area contributed by atoms with E-state index in [0.29, 0.717) is 47.5 Å². The van der Waals surface area contributed by atoms with E-state index in [1.165, 1.54) is 0 Å². The van der Waals surface area contributed by atoms with E-state index in [2.05, 4.69) is 5.32 Å². The van der Waals surface area contributed by atoms with Gasteiger partial charge in [0.15, 0.2) is 5.78 Å². The van der Waals surface area contributed by atoms with Gasteiger partial charge in [-0.2, -0.15) is 0 Å². The number of carbonyl (C=O) groups is 3. The van der Waals surface area contributed by atoms with Gasteiger partial charge in [0.05, 0.1) is 0 Å². The SMILES string of the molecule is Cc1ccc(NC(=O)N2CCN(C(=O)CCC(=O)c3ccc(Cl)cc3)CC2)cc1Cl. The van der Waals surface area contributed by atoms with Crippen LogP contribution in [0.4, 0.5) is 10.5 Å². The summed E-state index contributed by atoms with van der Waals surface area (Å²) in [5.74, 6) is -0.169. The molecule has 1 aliphatic rings. The minimum absolute atomic E-state index is 0.0808. The zero-order chi connectivity index (χ0) is 21.7. The van der Waals surface area contributed by atoms with Gasteiger partial charge in [-0.1, -0.05) is 29.3 Å². The fourth-order valence-corrected chi connectivity index (χ4v) is 3.50. The van der Waals surface area contributed by atoms with Crippen molar-refractivity contribution in [2.45, 2.75) is 19.8 Å². The number of halogens is 2. The summed E-state index contributed by atoms with van der Waals surface area (Å²) in [4.78, 5) is 40.5. The Morgan fingerprint density at radius 1 is 0.900 bits per heavy atom. The lowest BCUT2D eigenvalue weighted by molar-refractivity contribution is -0.132.